The topological polar surface area (TPSA) is 106 Å². The molecule has 1 aliphatic rings. The van der Waals surface area contributed by atoms with Crippen molar-refractivity contribution in [3.05, 3.63) is 64.7 Å². The van der Waals surface area contributed by atoms with Crippen molar-refractivity contribution in [3.8, 4) is 5.75 Å². The number of ether oxygens (including phenoxy) is 1. The first-order valence-electron chi connectivity index (χ1n) is 12.2. The molecular weight excluding hydrogens is 456 g/mol. The fourth-order valence-corrected chi connectivity index (χ4v) is 4.75. The zero-order chi connectivity index (χ0) is 26.0. The van der Waals surface area contributed by atoms with Gasteiger partial charge in [0.2, 0.25) is 0 Å². The summed E-state index contributed by atoms with van der Waals surface area (Å²) < 4.78 is 8.02. The first-order valence-corrected chi connectivity index (χ1v) is 12.2. The number of allylic oxidation sites excluding steroid dienone is 1. The van der Waals surface area contributed by atoms with E-state index in [-0.39, 0.29) is 11.8 Å². The molecular formula is C27H34N6O3. The molecule has 36 heavy (non-hydrogen) atoms. The van der Waals surface area contributed by atoms with Crippen molar-refractivity contribution in [2.75, 3.05) is 33.7 Å². The van der Waals surface area contributed by atoms with Gasteiger partial charge in [-0.05, 0) is 64.5 Å². The van der Waals surface area contributed by atoms with Crippen LogP contribution in [0, 0.1) is 19.3 Å². The van der Waals surface area contributed by atoms with Crippen LogP contribution in [0.1, 0.15) is 51.0 Å². The lowest BCUT2D eigenvalue weighted by Gasteiger charge is -2.20. The summed E-state index contributed by atoms with van der Waals surface area (Å²) in [5, 5.41) is 10.5. The standard InChI is InChI=1S/C27H34N6O3/c1-6-29-26(34)25-17(2)13-20-14-21(9-12-33(20)25)36-23(7-10-28)24-18(3)22(15-30-24)27(35)32-11-8-19(16-32)31(4)5/h7,9-10,12-15,19,28,30H,6,8,11,16H2,1-5H3,(H,29,34)/b23-7+,28-10?. The number of amides is 2. The van der Waals surface area contributed by atoms with Gasteiger partial charge in [-0.3, -0.25) is 9.59 Å². The van der Waals surface area contributed by atoms with Crippen LogP contribution in [-0.2, 0) is 0 Å². The Bertz CT molecular complexity index is 1330. The number of hydrogen-bond donors (Lipinski definition) is 3. The van der Waals surface area contributed by atoms with E-state index in [1.165, 1.54) is 0 Å². The Labute approximate surface area is 211 Å². The van der Waals surface area contributed by atoms with Gasteiger partial charge in [0.05, 0.1) is 11.3 Å². The number of carbonyl (C=O) groups excluding carboxylic acids is 2. The highest BCUT2D eigenvalue weighted by Crippen LogP contribution is 2.28. The van der Waals surface area contributed by atoms with Crippen LogP contribution < -0.4 is 10.1 Å². The molecule has 1 atom stereocenters. The van der Waals surface area contributed by atoms with Crippen molar-refractivity contribution in [1.82, 2.24) is 24.5 Å². The molecule has 0 aliphatic carbocycles. The van der Waals surface area contributed by atoms with Gasteiger partial charge in [0.1, 0.15) is 11.4 Å². The predicted octanol–water partition coefficient (Wildman–Crippen LogP) is 3.48. The van der Waals surface area contributed by atoms with Crippen LogP contribution in [0.25, 0.3) is 11.3 Å². The molecule has 0 aromatic carbocycles. The normalized spacial score (nSPS) is 16.1. The van der Waals surface area contributed by atoms with E-state index in [2.05, 4.69) is 15.2 Å². The maximum absolute atomic E-state index is 13.2. The second kappa shape index (κ2) is 10.4. The Morgan fingerprint density at radius 3 is 2.75 bits per heavy atom. The molecule has 0 radical (unpaired) electrons. The second-order valence-electron chi connectivity index (χ2n) is 9.35. The minimum Gasteiger partial charge on any atom is -0.455 e. The van der Waals surface area contributed by atoms with Crippen molar-refractivity contribution in [2.24, 2.45) is 0 Å². The quantitative estimate of drug-likeness (QED) is 0.332. The van der Waals surface area contributed by atoms with E-state index in [4.69, 9.17) is 10.1 Å². The number of hydrogen-bond acceptors (Lipinski definition) is 5. The number of rotatable bonds is 8. The fourth-order valence-electron chi connectivity index (χ4n) is 4.75. The van der Waals surface area contributed by atoms with Crippen molar-refractivity contribution in [2.45, 2.75) is 33.2 Å². The Balaban J connectivity index is 1.59. The third-order valence-electron chi connectivity index (χ3n) is 6.75. The molecule has 3 N–H and O–H groups in total. The number of fused-ring (bicyclic) bond motifs is 1. The molecule has 9 heteroatoms. The van der Waals surface area contributed by atoms with Gasteiger partial charge in [-0.1, -0.05) is 0 Å². The largest absolute Gasteiger partial charge is 0.455 e. The molecule has 1 aliphatic heterocycles. The van der Waals surface area contributed by atoms with Gasteiger partial charge in [-0.2, -0.15) is 0 Å². The molecule has 3 aromatic rings. The highest BCUT2D eigenvalue weighted by atomic mass is 16.5. The Morgan fingerprint density at radius 2 is 2.08 bits per heavy atom. The fraction of sp³-hybridized carbons (Fsp3) is 0.370. The van der Waals surface area contributed by atoms with Gasteiger partial charge in [-0.15, -0.1) is 0 Å². The number of likely N-dealkylation sites (tertiary alicyclic amines) is 1. The van der Waals surface area contributed by atoms with E-state index in [0.29, 0.717) is 47.6 Å². The molecule has 9 nitrogen and oxygen atoms in total. The molecule has 1 unspecified atom stereocenters. The number of likely N-dealkylation sites (N-methyl/N-ethyl adjacent to an activating group) is 1. The third-order valence-corrected chi connectivity index (χ3v) is 6.75. The maximum atomic E-state index is 13.2. The number of nitrogens with one attached hydrogen (secondary N) is 3. The highest BCUT2D eigenvalue weighted by molar-refractivity contribution is 5.97. The maximum Gasteiger partial charge on any atom is 0.268 e. The van der Waals surface area contributed by atoms with Gasteiger partial charge >= 0.3 is 0 Å². The van der Waals surface area contributed by atoms with Crippen molar-refractivity contribution in [1.29, 1.82) is 5.41 Å². The summed E-state index contributed by atoms with van der Waals surface area (Å²) in [6.07, 6.45) is 7.19. The summed E-state index contributed by atoms with van der Waals surface area (Å²) in [5.41, 5.74) is 4.32. The van der Waals surface area contributed by atoms with E-state index in [1.54, 1.807) is 24.5 Å². The molecule has 0 bridgehead atoms. The number of aromatic nitrogens is 2. The van der Waals surface area contributed by atoms with E-state index < -0.39 is 0 Å². The van der Waals surface area contributed by atoms with Crippen LogP contribution in [0.3, 0.4) is 0 Å². The molecule has 1 fully saturated rings. The van der Waals surface area contributed by atoms with Gasteiger partial charge in [-0.25, -0.2) is 0 Å². The van der Waals surface area contributed by atoms with Crippen LogP contribution in [-0.4, -0.2) is 77.0 Å². The predicted molar refractivity (Wildman–Crippen MR) is 141 cm³/mol. The minimum absolute atomic E-state index is 0.00322. The van der Waals surface area contributed by atoms with Crippen molar-refractivity contribution in [3.63, 3.8) is 0 Å². The van der Waals surface area contributed by atoms with Gasteiger partial charge in [0.25, 0.3) is 11.8 Å². The number of aryl methyl sites for hydroxylation is 1. The Hall–Kier alpha value is -3.85. The third kappa shape index (κ3) is 4.79. The first-order chi connectivity index (χ1) is 17.2. The SMILES string of the molecule is CCNC(=O)c1c(C)cc2cc(O/C(=C/C=N)c3[nH]cc(C(=O)N4CCC(N(C)C)C4)c3C)ccn12. The van der Waals surface area contributed by atoms with Crippen molar-refractivity contribution >= 4 is 29.3 Å². The Kier molecular flexibility index (Phi) is 7.30. The number of H-pyrrole nitrogens is 1. The van der Waals surface area contributed by atoms with Crippen molar-refractivity contribution < 1.29 is 14.3 Å². The van der Waals surface area contributed by atoms with E-state index >= 15 is 0 Å². The molecule has 4 rings (SSSR count). The monoisotopic (exact) mass is 490 g/mol. The number of nitrogens with zero attached hydrogens (tertiary/aromatic N) is 3. The van der Waals surface area contributed by atoms with E-state index in [9.17, 15) is 9.59 Å². The van der Waals surface area contributed by atoms with Gasteiger partial charge in [0, 0.05) is 61.9 Å². The van der Waals surface area contributed by atoms with Crippen LogP contribution >= 0.6 is 0 Å². The zero-order valence-electron chi connectivity index (χ0n) is 21.5. The highest BCUT2D eigenvalue weighted by Gasteiger charge is 2.30. The zero-order valence-corrected chi connectivity index (χ0v) is 21.5. The van der Waals surface area contributed by atoms with E-state index in [1.807, 2.05) is 56.3 Å². The second-order valence-corrected chi connectivity index (χ2v) is 9.35. The molecule has 0 spiro atoms. The van der Waals surface area contributed by atoms with Gasteiger partial charge in [0.15, 0.2) is 5.76 Å². The lowest BCUT2D eigenvalue weighted by Crippen LogP contribution is -2.34. The van der Waals surface area contributed by atoms with Gasteiger partial charge < -0.3 is 34.6 Å². The summed E-state index contributed by atoms with van der Waals surface area (Å²) in [5.74, 6) is 0.871. The smallest absolute Gasteiger partial charge is 0.268 e. The minimum atomic E-state index is -0.123. The van der Waals surface area contributed by atoms with Crippen LogP contribution in [0.15, 0.2) is 36.7 Å². The summed E-state index contributed by atoms with van der Waals surface area (Å²) in [6, 6.07) is 5.93. The number of pyridine rings is 1. The molecule has 0 saturated carbocycles. The average Bonchev–Trinajstić information content (AvgIpc) is 3.55. The van der Waals surface area contributed by atoms with E-state index in [0.717, 1.165) is 35.8 Å². The first kappa shape index (κ1) is 25.2. The molecule has 2 amide bonds. The average molecular weight is 491 g/mol. The molecule has 4 heterocycles. The summed E-state index contributed by atoms with van der Waals surface area (Å²) in [7, 11) is 4.08. The summed E-state index contributed by atoms with van der Waals surface area (Å²) >= 11 is 0. The lowest BCUT2D eigenvalue weighted by molar-refractivity contribution is 0.0782. The molecule has 1 saturated heterocycles. The van der Waals surface area contributed by atoms with Crippen LogP contribution in [0.4, 0.5) is 0 Å². The molecule has 3 aromatic heterocycles. The Morgan fingerprint density at radius 1 is 1.31 bits per heavy atom. The summed E-state index contributed by atoms with van der Waals surface area (Å²) in [6.45, 7) is 7.67. The summed E-state index contributed by atoms with van der Waals surface area (Å²) in [4.78, 5) is 32.9. The van der Waals surface area contributed by atoms with Crippen LogP contribution in [0.2, 0.25) is 0 Å². The van der Waals surface area contributed by atoms with Crippen LogP contribution in [0.5, 0.6) is 5.75 Å². The number of carbonyl (C=O) groups is 2. The lowest BCUT2D eigenvalue weighted by atomic mass is 10.1. The number of aromatic amines is 1. The molecule has 190 valence electrons.